The van der Waals surface area contributed by atoms with Gasteiger partial charge in [0, 0.05) is 6.54 Å². The minimum atomic E-state index is -3.94. The molecule has 0 aliphatic heterocycles. The quantitative estimate of drug-likeness (QED) is 0.791. The first-order valence-corrected chi connectivity index (χ1v) is 7.11. The first kappa shape index (κ1) is 15.4. The maximum atomic E-state index is 13.5. The molecule has 1 aromatic rings. The molecule has 1 aromatic carbocycles. The SMILES string of the molecule is CCNC(=O)CCOc1ccc(S(N)(=O)=O)cc1F. The fourth-order valence-electron chi connectivity index (χ4n) is 1.31. The lowest BCUT2D eigenvalue weighted by molar-refractivity contribution is -0.121. The van der Waals surface area contributed by atoms with Crippen LogP contribution in [-0.2, 0) is 14.8 Å². The van der Waals surface area contributed by atoms with E-state index >= 15 is 0 Å². The number of carbonyl (C=O) groups is 1. The second kappa shape index (κ2) is 6.48. The van der Waals surface area contributed by atoms with Crippen molar-refractivity contribution in [3.05, 3.63) is 24.0 Å². The highest BCUT2D eigenvalue weighted by Crippen LogP contribution is 2.20. The van der Waals surface area contributed by atoms with E-state index in [-0.39, 0.29) is 29.6 Å². The standard InChI is InChI=1S/C11H15FN2O4S/c1-2-14-11(15)5-6-18-10-4-3-8(7-9(10)12)19(13,16)17/h3-4,7H,2,5-6H2,1H3,(H,14,15)(H2,13,16,17). The third kappa shape index (κ3) is 4.84. The first-order valence-electron chi connectivity index (χ1n) is 5.56. The van der Waals surface area contributed by atoms with Crippen LogP contribution < -0.4 is 15.2 Å². The number of ether oxygens (including phenoxy) is 1. The zero-order chi connectivity index (χ0) is 14.5. The monoisotopic (exact) mass is 290 g/mol. The highest BCUT2D eigenvalue weighted by Gasteiger charge is 2.12. The molecule has 1 amide bonds. The first-order chi connectivity index (χ1) is 8.84. The van der Waals surface area contributed by atoms with Gasteiger partial charge in [0.25, 0.3) is 0 Å². The van der Waals surface area contributed by atoms with Crippen LogP contribution in [0.15, 0.2) is 23.1 Å². The van der Waals surface area contributed by atoms with E-state index in [1.807, 2.05) is 0 Å². The number of halogens is 1. The molecule has 0 fully saturated rings. The number of nitrogens with two attached hydrogens (primary N) is 1. The van der Waals surface area contributed by atoms with Gasteiger partial charge in [-0.25, -0.2) is 17.9 Å². The smallest absolute Gasteiger partial charge is 0.238 e. The van der Waals surface area contributed by atoms with E-state index in [9.17, 15) is 17.6 Å². The van der Waals surface area contributed by atoms with E-state index in [0.29, 0.717) is 6.54 Å². The summed E-state index contributed by atoms with van der Waals surface area (Å²) in [6.07, 6.45) is 0.0875. The molecule has 0 bridgehead atoms. The molecule has 19 heavy (non-hydrogen) atoms. The largest absolute Gasteiger partial charge is 0.490 e. The molecule has 0 aliphatic carbocycles. The molecule has 8 heteroatoms. The van der Waals surface area contributed by atoms with E-state index in [1.165, 1.54) is 0 Å². The van der Waals surface area contributed by atoms with Crippen LogP contribution in [0, 0.1) is 5.82 Å². The fraction of sp³-hybridized carbons (Fsp3) is 0.364. The van der Waals surface area contributed by atoms with Crippen LogP contribution in [0.3, 0.4) is 0 Å². The minimum absolute atomic E-state index is 0.00250. The molecule has 0 saturated carbocycles. The third-order valence-electron chi connectivity index (χ3n) is 2.19. The van der Waals surface area contributed by atoms with Gasteiger partial charge in [0.2, 0.25) is 15.9 Å². The van der Waals surface area contributed by atoms with E-state index < -0.39 is 15.8 Å². The fourth-order valence-corrected chi connectivity index (χ4v) is 1.84. The summed E-state index contributed by atoms with van der Waals surface area (Å²) in [5, 5.41) is 7.43. The van der Waals surface area contributed by atoms with Crippen molar-refractivity contribution in [1.29, 1.82) is 0 Å². The third-order valence-corrected chi connectivity index (χ3v) is 3.10. The van der Waals surface area contributed by atoms with Crippen molar-refractivity contribution in [3.63, 3.8) is 0 Å². The highest BCUT2D eigenvalue weighted by molar-refractivity contribution is 7.89. The summed E-state index contributed by atoms with van der Waals surface area (Å²) < 4.78 is 40.5. The molecule has 0 spiro atoms. The van der Waals surface area contributed by atoms with Gasteiger partial charge in [0.1, 0.15) is 0 Å². The Morgan fingerprint density at radius 3 is 2.68 bits per heavy atom. The Bertz CT molecular complexity index is 560. The molecule has 0 atom stereocenters. The molecular formula is C11H15FN2O4S. The Morgan fingerprint density at radius 2 is 2.16 bits per heavy atom. The number of hydrogen-bond acceptors (Lipinski definition) is 4. The van der Waals surface area contributed by atoms with Gasteiger partial charge in [0.05, 0.1) is 17.9 Å². The normalized spacial score (nSPS) is 11.1. The average Bonchev–Trinajstić information content (AvgIpc) is 2.30. The number of benzene rings is 1. The Kier molecular flexibility index (Phi) is 5.25. The number of amides is 1. The zero-order valence-corrected chi connectivity index (χ0v) is 11.2. The molecule has 6 nitrogen and oxygen atoms in total. The van der Waals surface area contributed by atoms with Crippen LogP contribution in [0.5, 0.6) is 5.75 Å². The van der Waals surface area contributed by atoms with Crippen molar-refractivity contribution in [1.82, 2.24) is 5.32 Å². The maximum absolute atomic E-state index is 13.5. The van der Waals surface area contributed by atoms with Gasteiger partial charge in [-0.3, -0.25) is 4.79 Å². The lowest BCUT2D eigenvalue weighted by Crippen LogP contribution is -2.24. The number of carbonyl (C=O) groups excluding carboxylic acids is 1. The summed E-state index contributed by atoms with van der Waals surface area (Å²) in [7, 11) is -3.94. The van der Waals surface area contributed by atoms with Crippen LogP contribution in [0.25, 0.3) is 0 Å². The van der Waals surface area contributed by atoms with Crippen molar-refractivity contribution >= 4 is 15.9 Å². The lowest BCUT2D eigenvalue weighted by atomic mass is 10.3. The van der Waals surface area contributed by atoms with Crippen molar-refractivity contribution in [2.45, 2.75) is 18.2 Å². The Hall–Kier alpha value is -1.67. The number of nitrogens with one attached hydrogen (secondary N) is 1. The predicted molar refractivity (Wildman–Crippen MR) is 66.6 cm³/mol. The molecule has 0 aromatic heterocycles. The minimum Gasteiger partial charge on any atom is -0.490 e. The molecule has 0 saturated heterocycles. The summed E-state index contributed by atoms with van der Waals surface area (Å²) in [5.74, 6) is -1.18. The molecule has 0 aliphatic rings. The molecule has 3 N–H and O–H groups in total. The lowest BCUT2D eigenvalue weighted by Gasteiger charge is -2.08. The van der Waals surface area contributed by atoms with Crippen molar-refractivity contribution in [2.75, 3.05) is 13.2 Å². The van der Waals surface area contributed by atoms with Gasteiger partial charge in [-0.15, -0.1) is 0 Å². The van der Waals surface area contributed by atoms with Gasteiger partial charge in [-0.1, -0.05) is 0 Å². The Morgan fingerprint density at radius 1 is 1.47 bits per heavy atom. The van der Waals surface area contributed by atoms with Gasteiger partial charge in [0.15, 0.2) is 11.6 Å². The average molecular weight is 290 g/mol. The van der Waals surface area contributed by atoms with Crippen molar-refractivity contribution < 1.29 is 22.3 Å². The summed E-state index contributed by atoms with van der Waals surface area (Å²) >= 11 is 0. The molecule has 0 heterocycles. The molecular weight excluding hydrogens is 275 g/mol. The van der Waals surface area contributed by atoms with Crippen molar-refractivity contribution in [2.24, 2.45) is 5.14 Å². The number of rotatable bonds is 6. The van der Waals surface area contributed by atoms with E-state index in [2.05, 4.69) is 5.32 Å². The van der Waals surface area contributed by atoms with E-state index in [1.54, 1.807) is 6.92 Å². The molecule has 0 unspecified atom stereocenters. The number of hydrogen-bond donors (Lipinski definition) is 2. The second-order valence-electron chi connectivity index (χ2n) is 3.69. The van der Waals surface area contributed by atoms with Gasteiger partial charge in [-0.2, -0.15) is 0 Å². The topological polar surface area (TPSA) is 98.5 Å². The highest BCUT2D eigenvalue weighted by atomic mass is 32.2. The second-order valence-corrected chi connectivity index (χ2v) is 5.25. The Balaban J connectivity index is 2.64. The summed E-state index contributed by atoms with van der Waals surface area (Å²) in [6, 6.07) is 3.07. The van der Waals surface area contributed by atoms with Gasteiger partial charge >= 0.3 is 0 Å². The van der Waals surface area contributed by atoms with Crippen molar-refractivity contribution in [3.8, 4) is 5.75 Å². The van der Waals surface area contributed by atoms with E-state index in [4.69, 9.17) is 9.88 Å². The Labute approximate surface area is 110 Å². The van der Waals surface area contributed by atoms with Crippen LogP contribution in [0.1, 0.15) is 13.3 Å². The zero-order valence-electron chi connectivity index (χ0n) is 10.3. The van der Waals surface area contributed by atoms with Gasteiger partial charge in [-0.05, 0) is 25.1 Å². The molecule has 1 rings (SSSR count). The maximum Gasteiger partial charge on any atom is 0.238 e. The van der Waals surface area contributed by atoms with Crippen LogP contribution in [0.2, 0.25) is 0 Å². The van der Waals surface area contributed by atoms with Crippen LogP contribution in [-0.4, -0.2) is 27.5 Å². The van der Waals surface area contributed by atoms with Crippen LogP contribution in [0.4, 0.5) is 4.39 Å². The summed E-state index contributed by atoms with van der Waals surface area (Å²) in [6.45, 7) is 2.29. The number of sulfonamides is 1. The molecule has 106 valence electrons. The summed E-state index contributed by atoms with van der Waals surface area (Å²) in [4.78, 5) is 10.8. The van der Waals surface area contributed by atoms with Gasteiger partial charge < -0.3 is 10.1 Å². The van der Waals surface area contributed by atoms with Crippen LogP contribution >= 0.6 is 0 Å². The van der Waals surface area contributed by atoms with E-state index in [0.717, 1.165) is 18.2 Å². The predicted octanol–water partition coefficient (Wildman–Crippen LogP) is 0.378. The number of primary sulfonamides is 1. The molecule has 0 radical (unpaired) electrons. The summed E-state index contributed by atoms with van der Waals surface area (Å²) in [5.41, 5.74) is 0.